The fraction of sp³-hybridized carbons (Fsp3) is 0.385. The number of rotatable bonds is 4. The van der Waals surface area contributed by atoms with Gasteiger partial charge in [0.25, 0.3) is 5.97 Å². The number of hydrogen-bond donors (Lipinski definition) is 0. The molecular weight excluding hydrogens is 227 g/mol. The van der Waals surface area contributed by atoms with Gasteiger partial charge in [0.15, 0.2) is 11.0 Å². The summed E-state index contributed by atoms with van der Waals surface area (Å²) in [6.45, 7) is 2.24. The summed E-state index contributed by atoms with van der Waals surface area (Å²) in [5, 5.41) is 0. The SMILES string of the molecule is CCOC(=O)C[B-]c1n(C)c2ccccc2[n+]1C. The Morgan fingerprint density at radius 3 is 2.83 bits per heavy atom. The first-order valence-electron chi connectivity index (χ1n) is 6.07. The minimum absolute atomic E-state index is 0.192. The summed E-state index contributed by atoms with van der Waals surface area (Å²) in [7, 11) is 5.90. The number of carbonyl (C=O) groups is 1. The molecule has 0 saturated heterocycles. The molecule has 0 atom stereocenters. The molecule has 1 aromatic heterocycles. The van der Waals surface area contributed by atoms with Crippen molar-refractivity contribution >= 4 is 30.0 Å². The van der Waals surface area contributed by atoms with E-state index in [4.69, 9.17) is 4.74 Å². The summed E-state index contributed by atoms with van der Waals surface area (Å²) < 4.78 is 9.08. The number of imidazole rings is 1. The molecule has 0 amide bonds. The third kappa shape index (κ3) is 2.25. The van der Waals surface area contributed by atoms with Crippen LogP contribution >= 0.6 is 0 Å². The third-order valence-electron chi connectivity index (χ3n) is 3.05. The lowest BCUT2D eigenvalue weighted by atomic mass is 9.73. The molecule has 0 spiro atoms. The van der Waals surface area contributed by atoms with E-state index in [1.807, 2.05) is 40.4 Å². The zero-order chi connectivity index (χ0) is 13.1. The molecular formula is C13H17BN2O2. The molecule has 0 aliphatic rings. The second-order valence-electron chi connectivity index (χ2n) is 4.18. The molecule has 0 fully saturated rings. The standard InChI is InChI=1S/C13H17BN2O2/c1-4-18-12(17)9-14-13-15(2)10-7-5-6-8-11(10)16(13)3/h5-8H,4,9H2,1-3H3. The van der Waals surface area contributed by atoms with Crippen LogP contribution < -0.4 is 10.3 Å². The van der Waals surface area contributed by atoms with Gasteiger partial charge in [0, 0.05) is 5.72 Å². The molecule has 0 unspecified atom stereocenters. The lowest BCUT2D eigenvalue weighted by Crippen LogP contribution is -2.50. The summed E-state index contributed by atoms with van der Waals surface area (Å²) in [6, 6.07) is 8.16. The maximum Gasteiger partial charge on any atom is 0.265 e. The van der Waals surface area contributed by atoms with Crippen LogP contribution in [0, 0.1) is 0 Å². The molecule has 0 N–H and O–H groups in total. The number of ether oxygens (including phenoxy) is 1. The largest absolute Gasteiger partial charge is 0.468 e. The van der Waals surface area contributed by atoms with Gasteiger partial charge in [0.2, 0.25) is 0 Å². The number of fused-ring (bicyclic) bond motifs is 1. The van der Waals surface area contributed by atoms with Crippen molar-refractivity contribution in [1.82, 2.24) is 4.57 Å². The number of nitrogens with zero attached hydrogens (tertiary/aromatic N) is 2. The molecule has 5 heteroatoms. The maximum absolute atomic E-state index is 11.4. The van der Waals surface area contributed by atoms with E-state index in [-0.39, 0.29) is 5.97 Å². The average Bonchev–Trinajstić information content (AvgIpc) is 2.61. The zero-order valence-corrected chi connectivity index (χ0v) is 11.0. The molecule has 2 rings (SSSR count). The van der Waals surface area contributed by atoms with Gasteiger partial charge in [-0.3, -0.25) is 13.9 Å². The third-order valence-corrected chi connectivity index (χ3v) is 3.05. The monoisotopic (exact) mass is 244 g/mol. The Hall–Kier alpha value is -1.78. The number of aromatic nitrogens is 2. The highest BCUT2D eigenvalue weighted by atomic mass is 16.5. The molecule has 2 radical (unpaired) electrons. The molecule has 4 nitrogen and oxygen atoms in total. The van der Waals surface area contributed by atoms with E-state index in [2.05, 4.69) is 21.3 Å². The minimum atomic E-state index is -0.192. The van der Waals surface area contributed by atoms with E-state index in [9.17, 15) is 4.79 Å². The van der Waals surface area contributed by atoms with Crippen LogP contribution in [0.1, 0.15) is 6.92 Å². The van der Waals surface area contributed by atoms with Crippen LogP contribution in [0.4, 0.5) is 0 Å². The van der Waals surface area contributed by atoms with Gasteiger partial charge in [0.1, 0.15) is 0 Å². The summed E-state index contributed by atoms with van der Waals surface area (Å²) >= 11 is 0. The normalized spacial score (nSPS) is 10.8. The van der Waals surface area contributed by atoms with E-state index in [1.165, 1.54) is 0 Å². The molecule has 0 saturated carbocycles. The van der Waals surface area contributed by atoms with Crippen LogP contribution in [0.3, 0.4) is 0 Å². The van der Waals surface area contributed by atoms with Gasteiger partial charge in [0.05, 0.1) is 20.7 Å². The van der Waals surface area contributed by atoms with Crippen molar-refractivity contribution in [3.05, 3.63) is 24.3 Å². The first-order chi connectivity index (χ1) is 8.65. The van der Waals surface area contributed by atoms with Gasteiger partial charge in [-0.25, -0.2) is 0 Å². The summed E-state index contributed by atoms with van der Waals surface area (Å²) in [5.74, 6) is -0.192. The average molecular weight is 244 g/mol. The first kappa shape index (κ1) is 12.7. The highest BCUT2D eigenvalue weighted by molar-refractivity contribution is 6.54. The lowest BCUT2D eigenvalue weighted by Gasteiger charge is -2.11. The molecule has 2 aromatic rings. The van der Waals surface area contributed by atoms with Gasteiger partial charge in [-0.2, -0.15) is 7.28 Å². The van der Waals surface area contributed by atoms with Crippen molar-refractivity contribution in [2.75, 3.05) is 6.61 Å². The zero-order valence-electron chi connectivity index (χ0n) is 11.0. The van der Waals surface area contributed by atoms with Crippen molar-refractivity contribution in [3.8, 4) is 0 Å². The van der Waals surface area contributed by atoms with E-state index in [0.717, 1.165) is 16.8 Å². The number of carbonyl (C=O) groups excluding carboxylic acids is 1. The predicted molar refractivity (Wildman–Crippen MR) is 70.9 cm³/mol. The van der Waals surface area contributed by atoms with Gasteiger partial charge < -0.3 is 4.74 Å². The van der Waals surface area contributed by atoms with E-state index >= 15 is 0 Å². The summed E-state index contributed by atoms with van der Waals surface area (Å²) in [6.07, 6.45) is 0.297. The number of para-hydroxylation sites is 2. The summed E-state index contributed by atoms with van der Waals surface area (Å²) in [5.41, 5.74) is 3.30. The minimum Gasteiger partial charge on any atom is -0.468 e. The van der Waals surface area contributed by atoms with E-state index in [1.54, 1.807) is 0 Å². The van der Waals surface area contributed by atoms with Crippen LogP contribution in [0.15, 0.2) is 24.3 Å². The second kappa shape index (κ2) is 5.25. The van der Waals surface area contributed by atoms with E-state index < -0.39 is 0 Å². The highest BCUT2D eigenvalue weighted by Gasteiger charge is 2.11. The van der Waals surface area contributed by atoms with Crippen LogP contribution in [0.25, 0.3) is 11.0 Å². The van der Waals surface area contributed by atoms with Crippen molar-refractivity contribution in [3.63, 3.8) is 0 Å². The van der Waals surface area contributed by atoms with Crippen LogP contribution in [0.5, 0.6) is 0 Å². The van der Waals surface area contributed by atoms with Crippen LogP contribution in [-0.2, 0) is 23.6 Å². The van der Waals surface area contributed by atoms with Crippen molar-refractivity contribution in [2.24, 2.45) is 14.1 Å². The number of benzene rings is 1. The Bertz CT molecular complexity index is 539. The molecule has 0 bridgehead atoms. The smallest absolute Gasteiger partial charge is 0.265 e. The second-order valence-corrected chi connectivity index (χ2v) is 4.18. The number of aryl methyl sites for hydroxylation is 2. The molecule has 18 heavy (non-hydrogen) atoms. The fourth-order valence-corrected chi connectivity index (χ4v) is 2.17. The molecule has 0 aliphatic heterocycles. The number of esters is 1. The van der Waals surface area contributed by atoms with Gasteiger partial charge in [-0.1, -0.05) is 12.1 Å². The highest BCUT2D eigenvalue weighted by Crippen LogP contribution is 2.07. The Kier molecular flexibility index (Phi) is 3.70. The predicted octanol–water partition coefficient (Wildman–Crippen LogP) is 0.314. The number of hydrogen-bond acceptors (Lipinski definition) is 2. The van der Waals surface area contributed by atoms with Crippen molar-refractivity contribution in [2.45, 2.75) is 13.2 Å². The Morgan fingerprint density at radius 1 is 1.44 bits per heavy atom. The van der Waals surface area contributed by atoms with Crippen molar-refractivity contribution < 1.29 is 14.1 Å². The Balaban J connectivity index is 2.26. The Labute approximate surface area is 107 Å². The molecule has 0 aliphatic carbocycles. The quantitative estimate of drug-likeness (QED) is 0.441. The molecule has 94 valence electrons. The lowest BCUT2D eigenvalue weighted by molar-refractivity contribution is -0.627. The first-order valence-corrected chi connectivity index (χ1v) is 6.07. The van der Waals surface area contributed by atoms with Gasteiger partial charge in [-0.15, -0.1) is 6.32 Å². The fourth-order valence-electron chi connectivity index (χ4n) is 2.17. The van der Waals surface area contributed by atoms with E-state index in [0.29, 0.717) is 12.9 Å². The maximum atomic E-state index is 11.4. The van der Waals surface area contributed by atoms with Crippen LogP contribution in [0.2, 0.25) is 6.32 Å². The Morgan fingerprint density at radius 2 is 2.17 bits per heavy atom. The van der Waals surface area contributed by atoms with Crippen molar-refractivity contribution in [1.29, 1.82) is 0 Å². The molecule has 1 aromatic carbocycles. The topological polar surface area (TPSA) is 35.1 Å². The van der Waals surface area contributed by atoms with Gasteiger partial charge in [-0.05, 0) is 19.1 Å². The van der Waals surface area contributed by atoms with Crippen LogP contribution in [-0.4, -0.2) is 24.4 Å². The van der Waals surface area contributed by atoms with Gasteiger partial charge >= 0.3 is 0 Å². The molecule has 1 heterocycles. The summed E-state index contributed by atoms with van der Waals surface area (Å²) in [4.78, 5) is 11.4.